The Morgan fingerprint density at radius 2 is 1.67 bits per heavy atom. The molecule has 0 amide bonds. The van der Waals surface area contributed by atoms with Gasteiger partial charge in [-0.05, 0) is 45.6 Å². The summed E-state index contributed by atoms with van der Waals surface area (Å²) in [7, 11) is 4.25. The molecule has 0 aliphatic carbocycles. The molecule has 0 aliphatic heterocycles. The SMILES string of the molecule is CN(C)CCN(CCCCN)Cc1ccccc1. The van der Waals surface area contributed by atoms with Crippen molar-refractivity contribution < 1.29 is 0 Å². The number of nitrogens with zero attached hydrogens (tertiary/aromatic N) is 2. The predicted molar refractivity (Wildman–Crippen MR) is 78.6 cm³/mol. The van der Waals surface area contributed by atoms with Gasteiger partial charge in [-0.25, -0.2) is 0 Å². The molecule has 0 saturated carbocycles. The second-order valence-corrected chi connectivity index (χ2v) is 5.06. The Bertz CT molecular complexity index is 298. The summed E-state index contributed by atoms with van der Waals surface area (Å²) in [6, 6.07) is 10.7. The van der Waals surface area contributed by atoms with Crippen LogP contribution in [0.3, 0.4) is 0 Å². The summed E-state index contributed by atoms with van der Waals surface area (Å²) in [4.78, 5) is 4.76. The number of hydrogen-bond donors (Lipinski definition) is 1. The van der Waals surface area contributed by atoms with Crippen LogP contribution in [-0.2, 0) is 6.54 Å². The van der Waals surface area contributed by atoms with Crippen LogP contribution in [0.25, 0.3) is 0 Å². The van der Waals surface area contributed by atoms with E-state index in [4.69, 9.17) is 5.73 Å². The molecule has 3 nitrogen and oxygen atoms in total. The Hall–Kier alpha value is -0.900. The van der Waals surface area contributed by atoms with E-state index in [9.17, 15) is 0 Å². The summed E-state index contributed by atoms with van der Waals surface area (Å²) in [5.74, 6) is 0. The van der Waals surface area contributed by atoms with Gasteiger partial charge in [0.25, 0.3) is 0 Å². The average molecular weight is 249 g/mol. The molecule has 1 rings (SSSR count). The van der Waals surface area contributed by atoms with Crippen LogP contribution in [0.5, 0.6) is 0 Å². The van der Waals surface area contributed by atoms with Crippen LogP contribution < -0.4 is 5.73 Å². The quantitative estimate of drug-likeness (QED) is 0.677. The van der Waals surface area contributed by atoms with Crippen molar-refractivity contribution in [3.05, 3.63) is 35.9 Å². The van der Waals surface area contributed by atoms with Crippen molar-refractivity contribution in [2.24, 2.45) is 5.73 Å². The molecule has 0 unspecified atom stereocenters. The Morgan fingerprint density at radius 1 is 0.944 bits per heavy atom. The molecule has 0 fully saturated rings. The highest BCUT2D eigenvalue weighted by atomic mass is 15.2. The van der Waals surface area contributed by atoms with Crippen molar-refractivity contribution in [3.8, 4) is 0 Å². The van der Waals surface area contributed by atoms with Crippen LogP contribution in [0.1, 0.15) is 18.4 Å². The second-order valence-electron chi connectivity index (χ2n) is 5.06. The van der Waals surface area contributed by atoms with E-state index in [-0.39, 0.29) is 0 Å². The van der Waals surface area contributed by atoms with E-state index in [0.29, 0.717) is 0 Å². The van der Waals surface area contributed by atoms with Gasteiger partial charge in [-0.1, -0.05) is 30.3 Å². The summed E-state index contributed by atoms with van der Waals surface area (Å²) in [5, 5.41) is 0. The number of likely N-dealkylation sites (N-methyl/N-ethyl adjacent to an activating group) is 1. The predicted octanol–water partition coefficient (Wildman–Crippen LogP) is 1.79. The first kappa shape index (κ1) is 15.2. The molecule has 0 spiro atoms. The number of benzene rings is 1. The fraction of sp³-hybridized carbons (Fsp3) is 0.600. The van der Waals surface area contributed by atoms with Gasteiger partial charge < -0.3 is 10.6 Å². The van der Waals surface area contributed by atoms with Crippen LogP contribution >= 0.6 is 0 Å². The molecule has 0 heterocycles. The van der Waals surface area contributed by atoms with Gasteiger partial charge in [0.1, 0.15) is 0 Å². The maximum absolute atomic E-state index is 5.56. The Kier molecular flexibility index (Phi) is 7.65. The summed E-state index contributed by atoms with van der Waals surface area (Å²) in [5.41, 5.74) is 6.96. The van der Waals surface area contributed by atoms with Crippen LogP contribution in [0.15, 0.2) is 30.3 Å². The van der Waals surface area contributed by atoms with Gasteiger partial charge in [0.05, 0.1) is 0 Å². The van der Waals surface area contributed by atoms with Crippen molar-refractivity contribution in [2.45, 2.75) is 19.4 Å². The molecule has 0 aliphatic rings. The highest BCUT2D eigenvalue weighted by Gasteiger charge is 2.06. The third-order valence-corrected chi connectivity index (χ3v) is 3.04. The molecule has 18 heavy (non-hydrogen) atoms. The lowest BCUT2D eigenvalue weighted by molar-refractivity contribution is 0.230. The van der Waals surface area contributed by atoms with Crippen molar-refractivity contribution in [1.29, 1.82) is 0 Å². The Labute approximate surface area is 112 Å². The lowest BCUT2D eigenvalue weighted by Crippen LogP contribution is -2.32. The number of nitrogens with two attached hydrogens (primary N) is 1. The zero-order valence-electron chi connectivity index (χ0n) is 11.8. The fourth-order valence-electron chi connectivity index (χ4n) is 1.93. The number of rotatable bonds is 9. The van der Waals surface area contributed by atoms with Gasteiger partial charge in [-0.3, -0.25) is 4.90 Å². The van der Waals surface area contributed by atoms with Crippen molar-refractivity contribution in [2.75, 3.05) is 40.3 Å². The van der Waals surface area contributed by atoms with E-state index in [1.165, 1.54) is 12.0 Å². The van der Waals surface area contributed by atoms with Gasteiger partial charge in [-0.15, -0.1) is 0 Å². The van der Waals surface area contributed by atoms with E-state index in [2.05, 4.69) is 54.2 Å². The van der Waals surface area contributed by atoms with E-state index >= 15 is 0 Å². The molecule has 0 atom stereocenters. The summed E-state index contributed by atoms with van der Waals surface area (Å²) in [6.45, 7) is 5.20. The Morgan fingerprint density at radius 3 is 2.28 bits per heavy atom. The van der Waals surface area contributed by atoms with Crippen LogP contribution in [0, 0.1) is 0 Å². The monoisotopic (exact) mass is 249 g/mol. The maximum Gasteiger partial charge on any atom is 0.0234 e. The molecule has 3 heteroatoms. The lowest BCUT2D eigenvalue weighted by Gasteiger charge is -2.24. The number of unbranched alkanes of at least 4 members (excludes halogenated alkanes) is 1. The second kappa shape index (κ2) is 9.09. The van der Waals surface area contributed by atoms with Crippen molar-refractivity contribution in [1.82, 2.24) is 9.80 Å². The summed E-state index contributed by atoms with van der Waals surface area (Å²) >= 11 is 0. The van der Waals surface area contributed by atoms with E-state index in [1.54, 1.807) is 0 Å². The molecule has 1 aromatic rings. The third-order valence-electron chi connectivity index (χ3n) is 3.04. The van der Waals surface area contributed by atoms with Crippen LogP contribution in [0.2, 0.25) is 0 Å². The number of hydrogen-bond acceptors (Lipinski definition) is 3. The molecule has 2 N–H and O–H groups in total. The molecule has 1 aromatic carbocycles. The Balaban J connectivity index is 2.42. The smallest absolute Gasteiger partial charge is 0.0234 e. The van der Waals surface area contributed by atoms with E-state index in [0.717, 1.165) is 39.1 Å². The summed E-state index contributed by atoms with van der Waals surface area (Å²) in [6.07, 6.45) is 2.31. The van der Waals surface area contributed by atoms with E-state index < -0.39 is 0 Å². The van der Waals surface area contributed by atoms with Gasteiger partial charge in [0, 0.05) is 19.6 Å². The maximum atomic E-state index is 5.56. The van der Waals surface area contributed by atoms with Crippen LogP contribution in [-0.4, -0.2) is 50.1 Å². The zero-order valence-corrected chi connectivity index (χ0v) is 11.8. The lowest BCUT2D eigenvalue weighted by atomic mass is 10.2. The average Bonchev–Trinajstić information content (AvgIpc) is 2.37. The van der Waals surface area contributed by atoms with Gasteiger partial charge in [0.15, 0.2) is 0 Å². The normalized spacial score (nSPS) is 11.4. The minimum absolute atomic E-state index is 0.798. The topological polar surface area (TPSA) is 32.5 Å². The highest BCUT2D eigenvalue weighted by Crippen LogP contribution is 2.05. The first-order chi connectivity index (χ1) is 8.72. The zero-order chi connectivity index (χ0) is 13.2. The van der Waals surface area contributed by atoms with Crippen molar-refractivity contribution in [3.63, 3.8) is 0 Å². The van der Waals surface area contributed by atoms with Crippen molar-refractivity contribution >= 4 is 0 Å². The highest BCUT2D eigenvalue weighted by molar-refractivity contribution is 5.14. The standard InChI is InChI=1S/C15H27N3/c1-17(2)12-13-18(11-7-6-10-16)14-15-8-4-3-5-9-15/h3-5,8-9H,6-7,10-14,16H2,1-2H3. The molecule has 0 saturated heterocycles. The largest absolute Gasteiger partial charge is 0.330 e. The minimum Gasteiger partial charge on any atom is -0.330 e. The fourth-order valence-corrected chi connectivity index (χ4v) is 1.93. The van der Waals surface area contributed by atoms with Crippen LogP contribution in [0.4, 0.5) is 0 Å². The minimum atomic E-state index is 0.798. The first-order valence-electron chi connectivity index (χ1n) is 6.83. The van der Waals surface area contributed by atoms with E-state index in [1.807, 2.05) is 0 Å². The van der Waals surface area contributed by atoms with Gasteiger partial charge in [0.2, 0.25) is 0 Å². The molecule has 0 bridgehead atoms. The molecule has 0 aromatic heterocycles. The third kappa shape index (κ3) is 6.74. The molecule has 102 valence electrons. The summed E-state index contributed by atoms with van der Waals surface area (Å²) < 4.78 is 0. The molecule has 0 radical (unpaired) electrons. The van der Waals surface area contributed by atoms with Gasteiger partial charge in [-0.2, -0.15) is 0 Å². The molecular weight excluding hydrogens is 222 g/mol. The molecular formula is C15H27N3. The first-order valence-corrected chi connectivity index (χ1v) is 6.83. The van der Waals surface area contributed by atoms with Gasteiger partial charge >= 0.3 is 0 Å².